The van der Waals surface area contributed by atoms with Crippen LogP contribution in [0.25, 0.3) is 0 Å². The number of nitrogens with zero attached hydrogens (tertiary/aromatic N) is 1. The largest absolute Gasteiger partial charge is 0.492 e. The summed E-state index contributed by atoms with van der Waals surface area (Å²) in [6.45, 7) is 1.05. The SMILES string of the molecule is O=C1CC[C@@H](C(=O)NCCCOc2cccnc2)N1. The number of hydrogen-bond donors (Lipinski definition) is 2. The van der Waals surface area contributed by atoms with E-state index < -0.39 is 0 Å². The van der Waals surface area contributed by atoms with Gasteiger partial charge < -0.3 is 15.4 Å². The molecule has 0 bridgehead atoms. The maximum Gasteiger partial charge on any atom is 0.242 e. The Morgan fingerprint density at radius 2 is 2.47 bits per heavy atom. The molecule has 1 fully saturated rings. The van der Waals surface area contributed by atoms with Gasteiger partial charge in [-0.1, -0.05) is 0 Å². The molecule has 0 aromatic carbocycles. The fourth-order valence-corrected chi connectivity index (χ4v) is 1.84. The number of nitrogens with one attached hydrogen (secondary N) is 2. The van der Waals surface area contributed by atoms with E-state index in [0.29, 0.717) is 32.4 Å². The van der Waals surface area contributed by atoms with Crippen molar-refractivity contribution in [3.63, 3.8) is 0 Å². The first kappa shape index (κ1) is 13.3. The molecule has 2 heterocycles. The molecule has 1 aliphatic heterocycles. The topological polar surface area (TPSA) is 80.3 Å². The summed E-state index contributed by atoms with van der Waals surface area (Å²) in [6.07, 6.45) is 5.05. The molecule has 1 saturated heterocycles. The predicted molar refractivity (Wildman–Crippen MR) is 68.5 cm³/mol. The van der Waals surface area contributed by atoms with E-state index in [1.54, 1.807) is 18.5 Å². The molecule has 0 aliphatic carbocycles. The second kappa shape index (κ2) is 6.72. The number of ether oxygens (including phenoxy) is 1. The molecule has 2 amide bonds. The summed E-state index contributed by atoms with van der Waals surface area (Å²) >= 11 is 0. The van der Waals surface area contributed by atoms with Crippen LogP contribution in [-0.4, -0.2) is 36.0 Å². The van der Waals surface area contributed by atoms with Crippen molar-refractivity contribution < 1.29 is 14.3 Å². The Kier molecular flexibility index (Phi) is 4.72. The Hall–Kier alpha value is -2.11. The minimum absolute atomic E-state index is 0.0555. The van der Waals surface area contributed by atoms with Gasteiger partial charge in [0.15, 0.2) is 0 Å². The van der Waals surface area contributed by atoms with Crippen molar-refractivity contribution in [2.24, 2.45) is 0 Å². The molecule has 0 unspecified atom stereocenters. The molecule has 2 N–H and O–H groups in total. The molecule has 0 spiro atoms. The van der Waals surface area contributed by atoms with E-state index in [1.807, 2.05) is 6.07 Å². The van der Waals surface area contributed by atoms with Crippen LogP contribution in [0, 0.1) is 0 Å². The lowest BCUT2D eigenvalue weighted by molar-refractivity contribution is -0.125. The molecule has 102 valence electrons. The van der Waals surface area contributed by atoms with Gasteiger partial charge in [-0.15, -0.1) is 0 Å². The average molecular weight is 263 g/mol. The van der Waals surface area contributed by atoms with Gasteiger partial charge >= 0.3 is 0 Å². The maximum atomic E-state index is 11.6. The fourth-order valence-electron chi connectivity index (χ4n) is 1.84. The molecule has 1 aliphatic rings. The Labute approximate surface area is 111 Å². The summed E-state index contributed by atoms with van der Waals surface area (Å²) in [4.78, 5) is 26.6. The van der Waals surface area contributed by atoms with Gasteiger partial charge in [-0.2, -0.15) is 0 Å². The van der Waals surface area contributed by atoms with Gasteiger partial charge in [0.25, 0.3) is 0 Å². The van der Waals surface area contributed by atoms with Crippen LogP contribution in [0.3, 0.4) is 0 Å². The molecule has 1 atom stereocenters. The zero-order chi connectivity index (χ0) is 13.5. The number of carbonyl (C=O) groups excluding carboxylic acids is 2. The highest BCUT2D eigenvalue weighted by molar-refractivity contribution is 5.90. The third-order valence-corrected chi connectivity index (χ3v) is 2.84. The predicted octanol–water partition coefficient (Wildman–Crippen LogP) is 0.245. The Morgan fingerprint density at radius 1 is 1.58 bits per heavy atom. The Bertz CT molecular complexity index is 436. The normalized spacial score (nSPS) is 17.9. The second-order valence-corrected chi connectivity index (χ2v) is 4.34. The minimum atomic E-state index is -0.369. The second-order valence-electron chi connectivity index (χ2n) is 4.34. The van der Waals surface area contributed by atoms with Crippen molar-refractivity contribution in [2.45, 2.75) is 25.3 Å². The number of pyridine rings is 1. The van der Waals surface area contributed by atoms with Crippen molar-refractivity contribution in [1.82, 2.24) is 15.6 Å². The maximum absolute atomic E-state index is 11.6. The quantitative estimate of drug-likeness (QED) is 0.721. The summed E-state index contributed by atoms with van der Waals surface area (Å²) < 4.78 is 5.45. The molecule has 2 rings (SSSR count). The van der Waals surface area contributed by atoms with Crippen molar-refractivity contribution in [1.29, 1.82) is 0 Å². The summed E-state index contributed by atoms with van der Waals surface area (Å²) in [5.41, 5.74) is 0. The zero-order valence-corrected chi connectivity index (χ0v) is 10.6. The number of rotatable bonds is 6. The highest BCUT2D eigenvalue weighted by atomic mass is 16.5. The van der Waals surface area contributed by atoms with Crippen molar-refractivity contribution >= 4 is 11.8 Å². The lowest BCUT2D eigenvalue weighted by Crippen LogP contribution is -2.42. The van der Waals surface area contributed by atoms with E-state index in [1.165, 1.54) is 0 Å². The fraction of sp³-hybridized carbons (Fsp3) is 0.462. The smallest absolute Gasteiger partial charge is 0.242 e. The monoisotopic (exact) mass is 263 g/mol. The zero-order valence-electron chi connectivity index (χ0n) is 10.6. The highest BCUT2D eigenvalue weighted by Crippen LogP contribution is 2.07. The van der Waals surface area contributed by atoms with E-state index in [-0.39, 0.29) is 17.9 Å². The Balaban J connectivity index is 1.57. The van der Waals surface area contributed by atoms with Gasteiger partial charge in [0.1, 0.15) is 11.8 Å². The summed E-state index contributed by atoms with van der Waals surface area (Å²) in [7, 11) is 0. The van der Waals surface area contributed by atoms with Gasteiger partial charge in [-0.05, 0) is 25.0 Å². The lowest BCUT2D eigenvalue weighted by atomic mass is 10.2. The molecule has 6 nitrogen and oxygen atoms in total. The van der Waals surface area contributed by atoms with Crippen LogP contribution < -0.4 is 15.4 Å². The number of hydrogen-bond acceptors (Lipinski definition) is 4. The van der Waals surface area contributed by atoms with Gasteiger partial charge in [-0.3, -0.25) is 14.6 Å². The molecule has 19 heavy (non-hydrogen) atoms. The lowest BCUT2D eigenvalue weighted by Gasteiger charge is -2.11. The highest BCUT2D eigenvalue weighted by Gasteiger charge is 2.26. The number of amides is 2. The van der Waals surface area contributed by atoms with Crippen LogP contribution in [-0.2, 0) is 9.59 Å². The third-order valence-electron chi connectivity index (χ3n) is 2.84. The van der Waals surface area contributed by atoms with Gasteiger partial charge in [0.05, 0.1) is 12.8 Å². The standard InChI is InChI=1S/C13H17N3O3/c17-12-5-4-11(16-12)13(18)15-7-2-8-19-10-3-1-6-14-9-10/h1,3,6,9,11H,2,4-5,7-8H2,(H,15,18)(H,16,17)/t11-/m0/s1. The van der Waals surface area contributed by atoms with Gasteiger partial charge in [0, 0.05) is 19.2 Å². The molecule has 6 heteroatoms. The van der Waals surface area contributed by atoms with Crippen LogP contribution in [0.5, 0.6) is 5.75 Å². The van der Waals surface area contributed by atoms with Crippen LogP contribution in [0.1, 0.15) is 19.3 Å². The van der Waals surface area contributed by atoms with Crippen LogP contribution in [0.15, 0.2) is 24.5 Å². The van der Waals surface area contributed by atoms with E-state index in [2.05, 4.69) is 15.6 Å². The van der Waals surface area contributed by atoms with Crippen molar-refractivity contribution in [2.75, 3.05) is 13.2 Å². The summed E-state index contributed by atoms with van der Waals surface area (Å²) in [5, 5.41) is 5.41. The molecule has 0 saturated carbocycles. The first-order valence-electron chi connectivity index (χ1n) is 6.35. The average Bonchev–Trinajstić information content (AvgIpc) is 2.86. The molecule has 1 aromatic heterocycles. The molecule has 1 aromatic rings. The minimum Gasteiger partial charge on any atom is -0.492 e. The molecule has 0 radical (unpaired) electrons. The molecular weight excluding hydrogens is 246 g/mol. The number of carbonyl (C=O) groups is 2. The number of aromatic nitrogens is 1. The first-order chi connectivity index (χ1) is 9.25. The van der Waals surface area contributed by atoms with Crippen LogP contribution in [0.4, 0.5) is 0 Å². The Morgan fingerprint density at radius 3 is 3.16 bits per heavy atom. The van der Waals surface area contributed by atoms with E-state index in [9.17, 15) is 9.59 Å². The summed E-state index contributed by atoms with van der Waals surface area (Å²) in [5.74, 6) is 0.546. The van der Waals surface area contributed by atoms with Crippen molar-refractivity contribution in [3.8, 4) is 5.75 Å². The third kappa shape index (κ3) is 4.24. The van der Waals surface area contributed by atoms with E-state index >= 15 is 0 Å². The van der Waals surface area contributed by atoms with Gasteiger partial charge in [-0.25, -0.2) is 0 Å². The van der Waals surface area contributed by atoms with Crippen molar-refractivity contribution in [3.05, 3.63) is 24.5 Å². The molecular formula is C13H17N3O3. The first-order valence-corrected chi connectivity index (χ1v) is 6.35. The van der Waals surface area contributed by atoms with Gasteiger partial charge in [0.2, 0.25) is 11.8 Å². The van der Waals surface area contributed by atoms with E-state index in [0.717, 1.165) is 5.75 Å². The summed E-state index contributed by atoms with van der Waals surface area (Å²) in [6, 6.07) is 3.27. The van der Waals surface area contributed by atoms with E-state index in [4.69, 9.17) is 4.74 Å². The van der Waals surface area contributed by atoms with Crippen LogP contribution in [0.2, 0.25) is 0 Å². The van der Waals surface area contributed by atoms with Crippen LogP contribution >= 0.6 is 0 Å².